The van der Waals surface area contributed by atoms with Crippen molar-refractivity contribution in [2.45, 2.75) is 6.92 Å². The first kappa shape index (κ1) is 17.2. The summed E-state index contributed by atoms with van der Waals surface area (Å²) >= 11 is 4.88. The highest BCUT2D eigenvalue weighted by atomic mass is 79.9. The zero-order valence-electron chi connectivity index (χ0n) is 13.1. The third-order valence-electron chi connectivity index (χ3n) is 3.46. The summed E-state index contributed by atoms with van der Waals surface area (Å²) in [6.07, 6.45) is 0. The SMILES string of the molecule is C/C(=N/Nc1nc(-c2ccc(Br)cc2)cs1)c1ccc([N+](=O)[O-])cc1. The minimum Gasteiger partial charge on any atom is -0.258 e. The van der Waals surface area contributed by atoms with Crippen LogP contribution in [-0.4, -0.2) is 15.6 Å². The van der Waals surface area contributed by atoms with Gasteiger partial charge in [0.2, 0.25) is 5.13 Å². The Hall–Kier alpha value is -2.58. The van der Waals surface area contributed by atoms with E-state index >= 15 is 0 Å². The number of rotatable bonds is 5. The van der Waals surface area contributed by atoms with Crippen molar-refractivity contribution in [3.05, 3.63) is 74.1 Å². The van der Waals surface area contributed by atoms with Crippen LogP contribution in [0.25, 0.3) is 11.3 Å². The lowest BCUT2D eigenvalue weighted by Gasteiger charge is -2.01. The maximum absolute atomic E-state index is 10.7. The molecule has 0 saturated carbocycles. The Kier molecular flexibility index (Phi) is 5.20. The molecule has 126 valence electrons. The molecule has 0 amide bonds. The number of nitrogens with zero attached hydrogens (tertiary/aromatic N) is 3. The Bertz CT molecular complexity index is 921. The first-order valence-electron chi connectivity index (χ1n) is 7.29. The normalized spacial score (nSPS) is 11.4. The van der Waals surface area contributed by atoms with Gasteiger partial charge in [-0.3, -0.25) is 15.5 Å². The molecule has 1 aromatic heterocycles. The maximum Gasteiger partial charge on any atom is 0.269 e. The van der Waals surface area contributed by atoms with Crippen molar-refractivity contribution in [3.63, 3.8) is 0 Å². The topological polar surface area (TPSA) is 80.4 Å². The lowest BCUT2D eigenvalue weighted by molar-refractivity contribution is -0.384. The van der Waals surface area contributed by atoms with Crippen LogP contribution in [0.3, 0.4) is 0 Å². The quantitative estimate of drug-likeness (QED) is 0.346. The van der Waals surface area contributed by atoms with Crippen molar-refractivity contribution in [1.82, 2.24) is 4.98 Å². The van der Waals surface area contributed by atoms with Gasteiger partial charge in [0.05, 0.1) is 16.3 Å². The highest BCUT2D eigenvalue weighted by Crippen LogP contribution is 2.26. The van der Waals surface area contributed by atoms with Gasteiger partial charge in [0, 0.05) is 27.5 Å². The van der Waals surface area contributed by atoms with E-state index in [1.165, 1.54) is 23.5 Å². The van der Waals surface area contributed by atoms with E-state index in [4.69, 9.17) is 0 Å². The molecule has 0 spiro atoms. The van der Waals surface area contributed by atoms with E-state index < -0.39 is 4.92 Å². The van der Waals surface area contributed by atoms with E-state index in [9.17, 15) is 10.1 Å². The van der Waals surface area contributed by atoms with E-state index in [1.54, 1.807) is 12.1 Å². The lowest BCUT2D eigenvalue weighted by atomic mass is 10.1. The molecular formula is C17H13BrN4O2S. The van der Waals surface area contributed by atoms with Gasteiger partial charge in [0.1, 0.15) is 0 Å². The molecule has 0 radical (unpaired) electrons. The smallest absolute Gasteiger partial charge is 0.258 e. The summed E-state index contributed by atoms with van der Waals surface area (Å²) in [5.41, 5.74) is 6.43. The van der Waals surface area contributed by atoms with Gasteiger partial charge in [-0.1, -0.05) is 28.1 Å². The molecule has 3 aromatic rings. The number of nitro benzene ring substituents is 1. The van der Waals surface area contributed by atoms with Crippen LogP contribution in [-0.2, 0) is 0 Å². The third-order valence-corrected chi connectivity index (χ3v) is 4.73. The van der Waals surface area contributed by atoms with Gasteiger partial charge in [-0.15, -0.1) is 11.3 Å². The minimum atomic E-state index is -0.423. The second-order valence-corrected chi connectivity index (χ2v) is 6.93. The summed E-state index contributed by atoms with van der Waals surface area (Å²) in [6.45, 7) is 1.83. The number of hydrogen-bond donors (Lipinski definition) is 1. The molecule has 0 aliphatic heterocycles. The Morgan fingerprint density at radius 2 is 1.88 bits per heavy atom. The molecule has 6 nitrogen and oxygen atoms in total. The van der Waals surface area contributed by atoms with E-state index in [-0.39, 0.29) is 5.69 Å². The molecule has 0 atom stereocenters. The van der Waals surface area contributed by atoms with Crippen molar-refractivity contribution in [2.24, 2.45) is 5.10 Å². The molecule has 0 fully saturated rings. The molecule has 2 aromatic carbocycles. The van der Waals surface area contributed by atoms with Crippen LogP contribution in [0.4, 0.5) is 10.8 Å². The Balaban J connectivity index is 1.71. The largest absolute Gasteiger partial charge is 0.269 e. The lowest BCUT2D eigenvalue weighted by Crippen LogP contribution is -2.00. The van der Waals surface area contributed by atoms with Gasteiger partial charge in [0.25, 0.3) is 5.69 Å². The summed E-state index contributed by atoms with van der Waals surface area (Å²) in [7, 11) is 0. The highest BCUT2D eigenvalue weighted by Gasteiger charge is 2.07. The number of halogens is 1. The summed E-state index contributed by atoms with van der Waals surface area (Å²) in [6, 6.07) is 14.2. The summed E-state index contributed by atoms with van der Waals surface area (Å²) in [5, 5.41) is 17.6. The van der Waals surface area contributed by atoms with Gasteiger partial charge in [-0.05, 0) is 36.8 Å². The Morgan fingerprint density at radius 3 is 2.52 bits per heavy atom. The van der Waals surface area contributed by atoms with Crippen LogP contribution in [0.1, 0.15) is 12.5 Å². The molecule has 3 rings (SSSR count). The molecule has 1 heterocycles. The number of anilines is 1. The first-order chi connectivity index (χ1) is 12.0. The van der Waals surface area contributed by atoms with Crippen molar-refractivity contribution in [3.8, 4) is 11.3 Å². The minimum absolute atomic E-state index is 0.0589. The monoisotopic (exact) mass is 416 g/mol. The van der Waals surface area contributed by atoms with Gasteiger partial charge < -0.3 is 0 Å². The second-order valence-electron chi connectivity index (χ2n) is 5.16. The van der Waals surface area contributed by atoms with Crippen LogP contribution < -0.4 is 5.43 Å². The molecule has 0 unspecified atom stereocenters. The van der Waals surface area contributed by atoms with Crippen molar-refractivity contribution in [2.75, 3.05) is 5.43 Å². The van der Waals surface area contributed by atoms with Gasteiger partial charge in [-0.2, -0.15) is 5.10 Å². The fourth-order valence-electron chi connectivity index (χ4n) is 2.10. The summed E-state index contributed by atoms with van der Waals surface area (Å²) in [4.78, 5) is 14.8. The zero-order valence-corrected chi connectivity index (χ0v) is 15.5. The summed E-state index contributed by atoms with van der Waals surface area (Å²) in [5.74, 6) is 0. The van der Waals surface area contributed by atoms with Crippen molar-refractivity contribution >= 4 is 43.8 Å². The molecule has 25 heavy (non-hydrogen) atoms. The number of non-ortho nitro benzene ring substituents is 1. The molecular weight excluding hydrogens is 404 g/mol. The Labute approximate surface area is 156 Å². The van der Waals surface area contributed by atoms with E-state index in [0.29, 0.717) is 5.13 Å². The molecule has 1 N–H and O–H groups in total. The number of aromatic nitrogens is 1. The average molecular weight is 417 g/mol. The number of nitrogens with one attached hydrogen (secondary N) is 1. The van der Waals surface area contributed by atoms with Crippen molar-refractivity contribution in [1.29, 1.82) is 0 Å². The highest BCUT2D eigenvalue weighted by molar-refractivity contribution is 9.10. The van der Waals surface area contributed by atoms with E-state index in [2.05, 4.69) is 31.4 Å². The number of benzene rings is 2. The Morgan fingerprint density at radius 1 is 1.20 bits per heavy atom. The molecule has 0 aliphatic carbocycles. The summed E-state index contributed by atoms with van der Waals surface area (Å²) < 4.78 is 1.02. The number of thiazole rings is 1. The molecule has 0 bridgehead atoms. The zero-order chi connectivity index (χ0) is 17.8. The number of hydrazone groups is 1. The van der Waals surface area contributed by atoms with Gasteiger partial charge in [-0.25, -0.2) is 4.98 Å². The van der Waals surface area contributed by atoms with Crippen LogP contribution in [0.15, 0.2) is 63.5 Å². The van der Waals surface area contributed by atoms with Crippen LogP contribution in [0, 0.1) is 10.1 Å². The van der Waals surface area contributed by atoms with E-state index in [1.807, 2.05) is 36.6 Å². The van der Waals surface area contributed by atoms with Crippen LogP contribution >= 0.6 is 27.3 Å². The standard InChI is InChI=1S/C17H13BrN4O2S/c1-11(12-4-8-15(9-5-12)22(23)24)20-21-17-19-16(10-25-17)13-2-6-14(18)7-3-13/h2-10H,1H3,(H,19,21)/b20-11-. The average Bonchev–Trinajstić information content (AvgIpc) is 3.09. The maximum atomic E-state index is 10.7. The molecule has 8 heteroatoms. The van der Waals surface area contributed by atoms with Gasteiger partial charge >= 0.3 is 0 Å². The van der Waals surface area contributed by atoms with Crippen molar-refractivity contribution < 1.29 is 4.92 Å². The third kappa shape index (κ3) is 4.28. The first-order valence-corrected chi connectivity index (χ1v) is 8.97. The fourth-order valence-corrected chi connectivity index (χ4v) is 3.02. The molecule has 0 aliphatic rings. The molecule has 0 saturated heterocycles. The predicted octanol–water partition coefficient (Wildman–Crippen LogP) is 5.32. The van der Waals surface area contributed by atoms with Gasteiger partial charge in [0.15, 0.2) is 0 Å². The second kappa shape index (κ2) is 7.54. The van der Waals surface area contributed by atoms with Crippen LogP contribution in [0.2, 0.25) is 0 Å². The fraction of sp³-hybridized carbons (Fsp3) is 0.0588. The number of nitro groups is 1. The van der Waals surface area contributed by atoms with E-state index in [0.717, 1.165) is 27.0 Å². The predicted molar refractivity (Wildman–Crippen MR) is 104 cm³/mol. The van der Waals surface area contributed by atoms with Crippen LogP contribution in [0.5, 0.6) is 0 Å². The number of hydrogen-bond acceptors (Lipinski definition) is 6.